The molecule has 3 rings (SSSR count). The smallest absolute Gasteiger partial charge is 0.226 e. The third kappa shape index (κ3) is 4.23. The predicted octanol–water partition coefficient (Wildman–Crippen LogP) is 3.00. The average Bonchev–Trinajstić information content (AvgIpc) is 3.25. The first-order valence-electron chi connectivity index (χ1n) is 7.83. The van der Waals surface area contributed by atoms with Gasteiger partial charge in [0.1, 0.15) is 23.4 Å². The molecule has 0 bridgehead atoms. The van der Waals surface area contributed by atoms with E-state index < -0.39 is 0 Å². The summed E-state index contributed by atoms with van der Waals surface area (Å²) in [6.07, 6.45) is 2.87. The lowest BCUT2D eigenvalue weighted by Crippen LogP contribution is -2.11. The summed E-state index contributed by atoms with van der Waals surface area (Å²) < 4.78 is 15.1. The minimum absolute atomic E-state index is 0.110. The van der Waals surface area contributed by atoms with Gasteiger partial charge in [0, 0.05) is 18.4 Å². The van der Waals surface area contributed by atoms with Gasteiger partial charge in [-0.15, -0.1) is 0 Å². The van der Waals surface area contributed by atoms with E-state index in [9.17, 15) is 4.79 Å². The maximum Gasteiger partial charge on any atom is 0.226 e. The molecule has 25 heavy (non-hydrogen) atoms. The summed E-state index contributed by atoms with van der Waals surface area (Å²) >= 11 is 0. The fraction of sp³-hybridized carbons (Fsp3) is 0.294. The molecular formula is C17H18N4O4. The predicted molar refractivity (Wildman–Crippen MR) is 89.1 cm³/mol. The van der Waals surface area contributed by atoms with E-state index in [1.165, 1.54) is 6.26 Å². The van der Waals surface area contributed by atoms with Gasteiger partial charge in [-0.1, -0.05) is 10.3 Å². The van der Waals surface area contributed by atoms with Crippen LogP contribution in [0.4, 0.5) is 5.69 Å². The maximum absolute atomic E-state index is 11.9. The van der Waals surface area contributed by atoms with Gasteiger partial charge in [0.05, 0.1) is 7.11 Å². The summed E-state index contributed by atoms with van der Waals surface area (Å²) in [6.45, 7) is 1.76. The Morgan fingerprint density at radius 3 is 2.72 bits per heavy atom. The fourth-order valence-corrected chi connectivity index (χ4v) is 2.24. The zero-order valence-corrected chi connectivity index (χ0v) is 14.0. The molecule has 0 unspecified atom stereocenters. The summed E-state index contributed by atoms with van der Waals surface area (Å²) in [4.78, 5) is 16.2. The molecule has 1 amide bonds. The molecule has 0 aliphatic heterocycles. The second-order valence-corrected chi connectivity index (χ2v) is 5.46. The molecule has 2 heterocycles. The molecule has 0 aliphatic rings. The Morgan fingerprint density at radius 1 is 1.24 bits per heavy atom. The van der Waals surface area contributed by atoms with Crippen molar-refractivity contribution in [1.82, 2.24) is 15.3 Å². The van der Waals surface area contributed by atoms with E-state index in [1.807, 2.05) is 24.3 Å². The molecule has 0 atom stereocenters. The number of nitrogens with one attached hydrogen (secondary N) is 1. The highest BCUT2D eigenvalue weighted by Crippen LogP contribution is 2.20. The summed E-state index contributed by atoms with van der Waals surface area (Å²) in [7, 11) is 1.61. The molecule has 0 saturated carbocycles. The molecule has 8 nitrogen and oxygen atoms in total. The van der Waals surface area contributed by atoms with Gasteiger partial charge in [0.25, 0.3) is 0 Å². The summed E-state index contributed by atoms with van der Waals surface area (Å²) in [5.74, 6) is 1.67. The van der Waals surface area contributed by atoms with E-state index >= 15 is 0 Å². The van der Waals surface area contributed by atoms with E-state index in [0.717, 1.165) is 11.3 Å². The summed E-state index contributed by atoms with van der Waals surface area (Å²) in [5, 5.41) is 10.4. The second kappa shape index (κ2) is 7.61. The van der Waals surface area contributed by atoms with Crippen molar-refractivity contribution in [2.24, 2.45) is 0 Å². The number of carbonyl (C=O) groups is 1. The van der Waals surface area contributed by atoms with Crippen LogP contribution in [-0.2, 0) is 11.2 Å². The first-order chi connectivity index (χ1) is 12.2. The minimum Gasteiger partial charge on any atom is -0.497 e. The third-order valence-corrected chi connectivity index (χ3v) is 3.63. The standard InChI is InChI=1S/C17H18N4O4/c1-11-14(10-24-20-11)18-15(22)4-3-5-16-19-17(21-25-16)12-6-8-13(23-2)9-7-12/h6-10H,3-5H2,1-2H3,(H,18,22). The Bertz CT molecular complexity index is 838. The zero-order chi connectivity index (χ0) is 17.6. The normalized spacial score (nSPS) is 10.6. The number of hydrogen-bond acceptors (Lipinski definition) is 7. The molecule has 3 aromatic rings. The van der Waals surface area contributed by atoms with Crippen LogP contribution in [0.3, 0.4) is 0 Å². The van der Waals surface area contributed by atoms with Crippen molar-refractivity contribution in [3.8, 4) is 17.1 Å². The lowest BCUT2D eigenvalue weighted by molar-refractivity contribution is -0.116. The van der Waals surface area contributed by atoms with Crippen molar-refractivity contribution in [1.29, 1.82) is 0 Å². The van der Waals surface area contributed by atoms with Gasteiger partial charge < -0.3 is 19.1 Å². The zero-order valence-electron chi connectivity index (χ0n) is 14.0. The molecule has 1 aromatic carbocycles. The van der Waals surface area contributed by atoms with Crippen LogP contribution in [0.5, 0.6) is 5.75 Å². The average molecular weight is 342 g/mol. The maximum atomic E-state index is 11.9. The van der Waals surface area contributed by atoms with E-state index in [4.69, 9.17) is 13.8 Å². The molecule has 0 spiro atoms. The van der Waals surface area contributed by atoms with Crippen molar-refractivity contribution in [2.75, 3.05) is 12.4 Å². The molecule has 0 saturated heterocycles. The molecule has 2 aromatic heterocycles. The molecule has 0 fully saturated rings. The second-order valence-electron chi connectivity index (χ2n) is 5.46. The van der Waals surface area contributed by atoms with Crippen LogP contribution in [0, 0.1) is 6.92 Å². The number of hydrogen-bond donors (Lipinski definition) is 1. The van der Waals surface area contributed by atoms with Crippen LogP contribution < -0.4 is 10.1 Å². The number of ether oxygens (including phenoxy) is 1. The number of rotatable bonds is 7. The Morgan fingerprint density at radius 2 is 2.04 bits per heavy atom. The van der Waals surface area contributed by atoms with E-state index in [2.05, 4.69) is 20.6 Å². The van der Waals surface area contributed by atoms with Gasteiger partial charge in [-0.3, -0.25) is 4.79 Å². The quantitative estimate of drug-likeness (QED) is 0.704. The molecule has 8 heteroatoms. The number of benzene rings is 1. The van der Waals surface area contributed by atoms with Gasteiger partial charge >= 0.3 is 0 Å². The number of carbonyl (C=O) groups excluding carboxylic acids is 1. The molecule has 0 radical (unpaired) electrons. The van der Waals surface area contributed by atoms with Crippen LogP contribution in [0.15, 0.2) is 39.6 Å². The number of amides is 1. The van der Waals surface area contributed by atoms with Crippen molar-refractivity contribution in [3.05, 3.63) is 42.1 Å². The van der Waals surface area contributed by atoms with Crippen LogP contribution in [0.25, 0.3) is 11.4 Å². The SMILES string of the molecule is COc1ccc(-c2noc(CCCC(=O)Nc3conc3C)n2)cc1. The largest absolute Gasteiger partial charge is 0.497 e. The van der Waals surface area contributed by atoms with Crippen LogP contribution in [0.1, 0.15) is 24.4 Å². The van der Waals surface area contributed by atoms with E-state index in [-0.39, 0.29) is 5.91 Å². The fourth-order valence-electron chi connectivity index (χ4n) is 2.24. The van der Waals surface area contributed by atoms with E-state index in [1.54, 1.807) is 14.0 Å². The summed E-state index contributed by atoms with van der Waals surface area (Å²) in [5.41, 5.74) is 2.08. The lowest BCUT2D eigenvalue weighted by Gasteiger charge is -2.01. The monoisotopic (exact) mass is 342 g/mol. The van der Waals surface area contributed by atoms with Crippen molar-refractivity contribution < 1.29 is 18.6 Å². The number of methoxy groups -OCH3 is 1. The van der Waals surface area contributed by atoms with Crippen molar-refractivity contribution in [3.63, 3.8) is 0 Å². The molecular weight excluding hydrogens is 324 g/mol. The minimum atomic E-state index is -0.110. The first-order valence-corrected chi connectivity index (χ1v) is 7.83. The third-order valence-electron chi connectivity index (χ3n) is 3.63. The van der Waals surface area contributed by atoms with Gasteiger partial charge in [-0.05, 0) is 37.6 Å². The van der Waals surface area contributed by atoms with Crippen LogP contribution >= 0.6 is 0 Å². The number of anilines is 1. The van der Waals surface area contributed by atoms with Gasteiger partial charge in [-0.25, -0.2) is 0 Å². The van der Waals surface area contributed by atoms with Crippen molar-refractivity contribution >= 4 is 11.6 Å². The molecule has 0 aliphatic carbocycles. The van der Waals surface area contributed by atoms with Gasteiger partial charge in [0.15, 0.2) is 0 Å². The highest BCUT2D eigenvalue weighted by molar-refractivity contribution is 5.90. The van der Waals surface area contributed by atoms with Crippen molar-refractivity contribution in [2.45, 2.75) is 26.2 Å². The topological polar surface area (TPSA) is 103 Å². The van der Waals surface area contributed by atoms with Crippen LogP contribution in [-0.4, -0.2) is 28.3 Å². The summed E-state index contributed by atoms with van der Waals surface area (Å²) in [6, 6.07) is 7.40. The Kier molecular flexibility index (Phi) is 5.08. The van der Waals surface area contributed by atoms with Gasteiger partial charge in [-0.2, -0.15) is 4.98 Å². The Hall–Kier alpha value is -3.16. The Balaban J connectivity index is 1.50. The van der Waals surface area contributed by atoms with E-state index in [0.29, 0.717) is 42.4 Å². The first kappa shape index (κ1) is 16.7. The van der Waals surface area contributed by atoms with Crippen LogP contribution in [0.2, 0.25) is 0 Å². The number of aromatic nitrogens is 3. The number of aryl methyl sites for hydroxylation is 2. The number of nitrogens with zero attached hydrogens (tertiary/aromatic N) is 3. The Labute approximate surface area is 144 Å². The molecule has 1 N–H and O–H groups in total. The molecule has 130 valence electrons. The highest BCUT2D eigenvalue weighted by atomic mass is 16.5. The highest BCUT2D eigenvalue weighted by Gasteiger charge is 2.11. The lowest BCUT2D eigenvalue weighted by atomic mass is 10.2. The van der Waals surface area contributed by atoms with Gasteiger partial charge in [0.2, 0.25) is 17.6 Å².